The highest BCUT2D eigenvalue weighted by Gasteiger charge is 2.28. The highest BCUT2D eigenvalue weighted by Crippen LogP contribution is 2.10. The molecule has 2 N–H and O–H groups in total. The molecule has 11 heavy (non-hydrogen) atoms. The van der Waals surface area contributed by atoms with E-state index >= 15 is 0 Å². The van der Waals surface area contributed by atoms with Crippen LogP contribution in [-0.2, 0) is 14.9 Å². The van der Waals surface area contributed by atoms with Gasteiger partial charge < -0.3 is 5.32 Å². The third-order valence-corrected chi connectivity index (χ3v) is 2.40. The fourth-order valence-electron chi connectivity index (χ4n) is 1.06. The Kier molecular flexibility index (Phi) is 2.15. The van der Waals surface area contributed by atoms with E-state index in [1.807, 2.05) is 0 Å². The molecule has 1 fully saturated rings. The average molecular weight is 179 g/mol. The molecule has 6 heteroatoms. The number of rotatable bonds is 2. The zero-order valence-corrected chi connectivity index (χ0v) is 6.60. The summed E-state index contributed by atoms with van der Waals surface area (Å²) in [6.07, 6.45) is 0.485. The van der Waals surface area contributed by atoms with Crippen LogP contribution in [0.1, 0.15) is 6.42 Å². The van der Waals surface area contributed by atoms with Gasteiger partial charge in [-0.2, -0.15) is 8.42 Å². The van der Waals surface area contributed by atoms with Gasteiger partial charge >= 0.3 is 0 Å². The van der Waals surface area contributed by atoms with Gasteiger partial charge in [0.25, 0.3) is 10.1 Å². The van der Waals surface area contributed by atoms with Gasteiger partial charge in [0.15, 0.2) is 0 Å². The number of hydrogen-bond acceptors (Lipinski definition) is 3. The van der Waals surface area contributed by atoms with Crippen molar-refractivity contribution in [2.24, 2.45) is 5.92 Å². The van der Waals surface area contributed by atoms with Crippen molar-refractivity contribution in [2.45, 2.75) is 6.42 Å². The van der Waals surface area contributed by atoms with E-state index in [2.05, 4.69) is 5.32 Å². The second-order valence-electron chi connectivity index (χ2n) is 2.53. The lowest BCUT2D eigenvalue weighted by molar-refractivity contribution is -0.121. The first-order chi connectivity index (χ1) is 4.99. The Morgan fingerprint density at radius 1 is 1.64 bits per heavy atom. The third kappa shape index (κ3) is 2.47. The van der Waals surface area contributed by atoms with Crippen LogP contribution in [-0.4, -0.2) is 31.2 Å². The lowest BCUT2D eigenvalue weighted by Crippen LogP contribution is -2.24. The maximum Gasteiger partial charge on any atom is 0.265 e. The van der Waals surface area contributed by atoms with Crippen molar-refractivity contribution in [2.75, 3.05) is 12.3 Å². The molecule has 0 bridgehead atoms. The molecule has 5 nitrogen and oxygen atoms in total. The van der Waals surface area contributed by atoms with Crippen molar-refractivity contribution in [1.29, 1.82) is 0 Å². The minimum Gasteiger partial charge on any atom is -0.356 e. The first-order valence-corrected chi connectivity index (χ1v) is 4.83. The van der Waals surface area contributed by atoms with Crippen LogP contribution < -0.4 is 5.32 Å². The van der Waals surface area contributed by atoms with Gasteiger partial charge in [-0.3, -0.25) is 9.35 Å². The summed E-state index contributed by atoms with van der Waals surface area (Å²) in [5.41, 5.74) is 0. The van der Waals surface area contributed by atoms with Crippen LogP contribution in [0.15, 0.2) is 0 Å². The molecule has 1 aliphatic rings. The molecule has 0 aromatic rings. The van der Waals surface area contributed by atoms with Crippen molar-refractivity contribution < 1.29 is 17.8 Å². The Morgan fingerprint density at radius 2 is 2.27 bits per heavy atom. The van der Waals surface area contributed by atoms with Crippen LogP contribution in [0.4, 0.5) is 0 Å². The molecule has 1 amide bonds. The predicted molar refractivity (Wildman–Crippen MR) is 37.5 cm³/mol. The molecule has 0 spiro atoms. The first kappa shape index (κ1) is 8.48. The maximum absolute atomic E-state index is 10.8. The normalized spacial score (nSPS) is 25.2. The number of carbonyl (C=O) groups is 1. The summed E-state index contributed by atoms with van der Waals surface area (Å²) in [6, 6.07) is 0. The van der Waals surface area contributed by atoms with Gasteiger partial charge in [0.2, 0.25) is 5.91 Å². The second kappa shape index (κ2) is 2.78. The minimum atomic E-state index is -4.00. The Morgan fingerprint density at radius 3 is 2.64 bits per heavy atom. The van der Waals surface area contributed by atoms with Crippen LogP contribution in [0.5, 0.6) is 0 Å². The molecule has 0 radical (unpaired) electrons. The lowest BCUT2D eigenvalue weighted by atomic mass is 10.1. The van der Waals surface area contributed by atoms with Crippen molar-refractivity contribution in [3.05, 3.63) is 0 Å². The summed E-state index contributed by atoms with van der Waals surface area (Å²) in [7, 11) is -4.00. The third-order valence-electron chi connectivity index (χ3n) is 1.57. The summed E-state index contributed by atoms with van der Waals surface area (Å²) in [5, 5.41) is 2.48. The standard InChI is InChI=1S/C5H9NO4S/c7-5-4(1-2-6-5)3-11(8,9)10/h4H,1-3H2,(H,6,7)(H,8,9,10). The summed E-state index contributed by atoms with van der Waals surface area (Å²) in [4.78, 5) is 10.8. The molecule has 64 valence electrons. The molecule has 1 unspecified atom stereocenters. The zero-order valence-electron chi connectivity index (χ0n) is 5.78. The van der Waals surface area contributed by atoms with Crippen molar-refractivity contribution in [3.63, 3.8) is 0 Å². The van der Waals surface area contributed by atoms with Crippen LogP contribution >= 0.6 is 0 Å². The quantitative estimate of drug-likeness (QED) is 0.533. The number of carbonyl (C=O) groups excluding carboxylic acids is 1. The van der Waals surface area contributed by atoms with E-state index in [4.69, 9.17) is 4.55 Å². The number of amides is 1. The van der Waals surface area contributed by atoms with E-state index < -0.39 is 21.8 Å². The molecule has 1 rings (SSSR count). The fraction of sp³-hybridized carbons (Fsp3) is 0.800. The Balaban J connectivity index is 2.57. The zero-order chi connectivity index (χ0) is 8.48. The van der Waals surface area contributed by atoms with Gasteiger partial charge in [0.1, 0.15) is 0 Å². The summed E-state index contributed by atoms with van der Waals surface area (Å²) in [6.45, 7) is 0.499. The summed E-state index contributed by atoms with van der Waals surface area (Å²) >= 11 is 0. The smallest absolute Gasteiger partial charge is 0.265 e. The highest BCUT2D eigenvalue weighted by molar-refractivity contribution is 7.85. The number of hydrogen-bond donors (Lipinski definition) is 2. The molecule has 1 saturated heterocycles. The van der Waals surface area contributed by atoms with E-state index in [1.165, 1.54) is 0 Å². The molecule has 0 aliphatic carbocycles. The van der Waals surface area contributed by atoms with Gasteiger partial charge in [0.05, 0.1) is 11.7 Å². The van der Waals surface area contributed by atoms with Crippen LogP contribution in [0.25, 0.3) is 0 Å². The Labute approximate surface area is 64.5 Å². The van der Waals surface area contributed by atoms with Crippen LogP contribution in [0.2, 0.25) is 0 Å². The van der Waals surface area contributed by atoms with Crippen LogP contribution in [0.3, 0.4) is 0 Å². The summed E-state index contributed by atoms with van der Waals surface area (Å²) < 4.78 is 29.0. The van der Waals surface area contributed by atoms with E-state index in [-0.39, 0.29) is 5.91 Å². The van der Waals surface area contributed by atoms with E-state index in [9.17, 15) is 13.2 Å². The van der Waals surface area contributed by atoms with E-state index in [1.54, 1.807) is 0 Å². The van der Waals surface area contributed by atoms with E-state index in [0.29, 0.717) is 13.0 Å². The average Bonchev–Trinajstić information content (AvgIpc) is 2.12. The van der Waals surface area contributed by atoms with Crippen molar-refractivity contribution in [1.82, 2.24) is 5.32 Å². The van der Waals surface area contributed by atoms with Crippen molar-refractivity contribution in [3.8, 4) is 0 Å². The van der Waals surface area contributed by atoms with Crippen LogP contribution in [0, 0.1) is 5.92 Å². The maximum atomic E-state index is 10.8. The molecular weight excluding hydrogens is 170 g/mol. The topological polar surface area (TPSA) is 83.5 Å². The molecule has 1 heterocycles. The second-order valence-corrected chi connectivity index (χ2v) is 4.02. The number of nitrogens with one attached hydrogen (secondary N) is 1. The monoisotopic (exact) mass is 179 g/mol. The Hall–Kier alpha value is -0.620. The minimum absolute atomic E-state index is 0.289. The largest absolute Gasteiger partial charge is 0.356 e. The van der Waals surface area contributed by atoms with Gasteiger partial charge in [-0.1, -0.05) is 0 Å². The molecule has 0 saturated carbocycles. The fourth-order valence-corrected chi connectivity index (χ4v) is 1.88. The first-order valence-electron chi connectivity index (χ1n) is 3.22. The van der Waals surface area contributed by atoms with Gasteiger partial charge in [-0.15, -0.1) is 0 Å². The van der Waals surface area contributed by atoms with E-state index in [0.717, 1.165) is 0 Å². The highest BCUT2D eigenvalue weighted by atomic mass is 32.2. The molecular formula is C5H9NO4S. The van der Waals surface area contributed by atoms with Crippen molar-refractivity contribution >= 4 is 16.0 Å². The molecule has 0 aromatic heterocycles. The van der Waals surface area contributed by atoms with Gasteiger partial charge in [-0.05, 0) is 6.42 Å². The summed E-state index contributed by atoms with van der Waals surface area (Å²) in [5.74, 6) is -1.31. The molecule has 0 aromatic carbocycles. The lowest BCUT2D eigenvalue weighted by Gasteiger charge is -2.01. The molecule has 1 atom stereocenters. The SMILES string of the molecule is O=C1NCCC1CS(=O)(=O)O. The molecule has 1 aliphatic heterocycles. The predicted octanol–water partition coefficient (Wildman–Crippen LogP) is -0.990. The van der Waals surface area contributed by atoms with Gasteiger partial charge in [0, 0.05) is 6.54 Å². The Bertz CT molecular complexity index is 258. The van der Waals surface area contributed by atoms with Gasteiger partial charge in [-0.25, -0.2) is 0 Å².